The van der Waals surface area contributed by atoms with Gasteiger partial charge in [-0.05, 0) is 36.8 Å². The SMILES string of the molecule is Cc1cccnc1-n1c(=O)c2nccn2c2ccc(Cl)cc21. The summed E-state index contributed by atoms with van der Waals surface area (Å²) in [6.45, 7) is 1.92. The van der Waals surface area contributed by atoms with Gasteiger partial charge < -0.3 is 0 Å². The second-order valence-corrected chi connectivity index (χ2v) is 5.47. The fraction of sp³-hybridized carbons (Fsp3) is 0.0625. The van der Waals surface area contributed by atoms with Crippen LogP contribution in [0.25, 0.3) is 22.5 Å². The van der Waals surface area contributed by atoms with Crippen LogP contribution >= 0.6 is 11.6 Å². The third kappa shape index (κ3) is 1.76. The van der Waals surface area contributed by atoms with Gasteiger partial charge in [-0.1, -0.05) is 17.7 Å². The van der Waals surface area contributed by atoms with E-state index in [0.29, 0.717) is 22.0 Å². The zero-order valence-electron chi connectivity index (χ0n) is 11.7. The summed E-state index contributed by atoms with van der Waals surface area (Å²) in [7, 11) is 0. The first-order chi connectivity index (χ1) is 10.7. The topological polar surface area (TPSA) is 52.2 Å². The number of hydrogen-bond donors (Lipinski definition) is 0. The van der Waals surface area contributed by atoms with Gasteiger partial charge in [0.2, 0.25) is 5.65 Å². The molecule has 0 amide bonds. The lowest BCUT2D eigenvalue weighted by molar-refractivity contribution is 0.953. The van der Waals surface area contributed by atoms with Gasteiger partial charge in [-0.15, -0.1) is 0 Å². The van der Waals surface area contributed by atoms with Crippen molar-refractivity contribution in [3.05, 3.63) is 69.9 Å². The summed E-state index contributed by atoms with van der Waals surface area (Å²) in [6, 6.07) is 9.20. The first-order valence-corrected chi connectivity index (χ1v) is 7.14. The van der Waals surface area contributed by atoms with Gasteiger partial charge in [0.1, 0.15) is 5.82 Å². The Balaban J connectivity index is 2.29. The lowest BCUT2D eigenvalue weighted by atomic mass is 10.2. The minimum absolute atomic E-state index is 0.221. The number of nitrogens with zero attached hydrogens (tertiary/aromatic N) is 4. The van der Waals surface area contributed by atoms with Gasteiger partial charge in [0.05, 0.1) is 11.0 Å². The maximum Gasteiger partial charge on any atom is 0.300 e. The lowest BCUT2D eigenvalue weighted by Crippen LogP contribution is -2.23. The molecule has 0 aliphatic heterocycles. The number of halogens is 1. The molecule has 1 aromatic carbocycles. The maximum absolute atomic E-state index is 12.9. The van der Waals surface area contributed by atoms with Gasteiger partial charge in [-0.3, -0.25) is 13.8 Å². The molecule has 22 heavy (non-hydrogen) atoms. The molecule has 0 bridgehead atoms. The van der Waals surface area contributed by atoms with Crippen molar-refractivity contribution in [1.29, 1.82) is 0 Å². The quantitative estimate of drug-likeness (QED) is 0.543. The highest BCUT2D eigenvalue weighted by molar-refractivity contribution is 6.31. The molecule has 0 radical (unpaired) electrons. The van der Waals surface area contributed by atoms with Crippen molar-refractivity contribution in [2.24, 2.45) is 0 Å². The van der Waals surface area contributed by atoms with Crippen LogP contribution in [0.2, 0.25) is 5.02 Å². The summed E-state index contributed by atoms with van der Waals surface area (Å²) < 4.78 is 3.33. The molecule has 4 rings (SSSR count). The van der Waals surface area contributed by atoms with E-state index in [2.05, 4.69) is 9.97 Å². The molecule has 0 saturated carbocycles. The van der Waals surface area contributed by atoms with Gasteiger partial charge in [-0.2, -0.15) is 0 Å². The van der Waals surface area contributed by atoms with Crippen molar-refractivity contribution in [3.8, 4) is 5.82 Å². The van der Waals surface area contributed by atoms with Crippen LogP contribution in [-0.4, -0.2) is 18.9 Å². The zero-order chi connectivity index (χ0) is 15.3. The minimum Gasteiger partial charge on any atom is -0.294 e. The van der Waals surface area contributed by atoms with E-state index < -0.39 is 0 Å². The normalized spacial score (nSPS) is 11.4. The lowest BCUT2D eigenvalue weighted by Gasteiger charge is -2.13. The van der Waals surface area contributed by atoms with E-state index >= 15 is 0 Å². The average Bonchev–Trinajstić information content (AvgIpc) is 2.99. The van der Waals surface area contributed by atoms with Crippen LogP contribution in [0.4, 0.5) is 0 Å². The van der Waals surface area contributed by atoms with Crippen molar-refractivity contribution >= 4 is 28.3 Å². The second-order valence-electron chi connectivity index (χ2n) is 5.04. The minimum atomic E-state index is -0.221. The highest BCUT2D eigenvalue weighted by Crippen LogP contribution is 2.22. The summed E-state index contributed by atoms with van der Waals surface area (Å²) >= 11 is 6.13. The van der Waals surface area contributed by atoms with Gasteiger partial charge in [0.15, 0.2) is 0 Å². The summed E-state index contributed by atoms with van der Waals surface area (Å²) in [5.74, 6) is 0.588. The number of fused-ring (bicyclic) bond motifs is 3. The van der Waals surface area contributed by atoms with Crippen LogP contribution in [0.3, 0.4) is 0 Å². The molecular formula is C16H11ClN4O. The molecule has 4 aromatic rings. The summed E-state index contributed by atoms with van der Waals surface area (Å²) in [5, 5.41) is 0.564. The fourth-order valence-corrected chi connectivity index (χ4v) is 2.83. The molecule has 3 aromatic heterocycles. The first-order valence-electron chi connectivity index (χ1n) is 6.76. The standard InChI is InChI=1S/C16H11ClN4O/c1-10-3-2-6-18-14(10)21-13-9-11(17)4-5-12(13)20-8-7-19-15(20)16(21)22/h2-9H,1H3. The van der Waals surface area contributed by atoms with Gasteiger partial charge in [0.25, 0.3) is 5.56 Å². The summed E-state index contributed by atoms with van der Waals surface area (Å²) in [5.41, 5.74) is 2.59. The molecule has 3 heterocycles. The molecule has 5 nitrogen and oxygen atoms in total. The Hall–Kier alpha value is -2.66. The molecule has 108 valence electrons. The van der Waals surface area contributed by atoms with E-state index in [1.807, 2.05) is 25.1 Å². The molecule has 0 N–H and O–H groups in total. The highest BCUT2D eigenvalue weighted by Gasteiger charge is 2.15. The highest BCUT2D eigenvalue weighted by atomic mass is 35.5. The van der Waals surface area contributed by atoms with E-state index in [1.165, 1.54) is 0 Å². The molecule has 0 spiro atoms. The average molecular weight is 311 g/mol. The van der Waals surface area contributed by atoms with Crippen molar-refractivity contribution in [1.82, 2.24) is 18.9 Å². The smallest absolute Gasteiger partial charge is 0.294 e. The third-order valence-electron chi connectivity index (χ3n) is 3.67. The molecule has 6 heteroatoms. The second kappa shape index (κ2) is 4.68. The van der Waals surface area contributed by atoms with Crippen LogP contribution in [0, 0.1) is 6.92 Å². The Bertz CT molecular complexity index is 1080. The molecule has 0 atom stereocenters. The van der Waals surface area contributed by atoms with E-state index in [1.54, 1.807) is 39.7 Å². The number of benzene rings is 1. The van der Waals surface area contributed by atoms with Gasteiger partial charge >= 0.3 is 0 Å². The Morgan fingerprint density at radius 3 is 2.77 bits per heavy atom. The molecule has 0 aliphatic carbocycles. The summed E-state index contributed by atoms with van der Waals surface area (Å²) in [6.07, 6.45) is 5.05. The number of hydrogen-bond acceptors (Lipinski definition) is 3. The number of rotatable bonds is 1. The largest absolute Gasteiger partial charge is 0.300 e. The van der Waals surface area contributed by atoms with Crippen LogP contribution < -0.4 is 5.56 Å². The number of imidazole rings is 1. The van der Waals surface area contributed by atoms with E-state index in [-0.39, 0.29) is 5.56 Å². The number of aryl methyl sites for hydroxylation is 1. The first kappa shape index (κ1) is 13.0. The third-order valence-corrected chi connectivity index (χ3v) is 3.90. The molecular weight excluding hydrogens is 300 g/mol. The van der Waals surface area contributed by atoms with Crippen LogP contribution in [-0.2, 0) is 0 Å². The molecule has 0 aliphatic rings. The van der Waals surface area contributed by atoms with E-state index in [4.69, 9.17) is 11.6 Å². The van der Waals surface area contributed by atoms with Crippen molar-refractivity contribution < 1.29 is 0 Å². The Kier molecular flexibility index (Phi) is 2.77. The van der Waals surface area contributed by atoms with Gasteiger partial charge in [-0.25, -0.2) is 9.97 Å². The molecule has 0 unspecified atom stereocenters. The summed E-state index contributed by atoms with van der Waals surface area (Å²) in [4.78, 5) is 21.4. The van der Waals surface area contributed by atoms with Crippen LogP contribution in [0.1, 0.15) is 5.56 Å². The van der Waals surface area contributed by atoms with Crippen LogP contribution in [0.5, 0.6) is 0 Å². The van der Waals surface area contributed by atoms with Crippen molar-refractivity contribution in [2.75, 3.05) is 0 Å². The van der Waals surface area contributed by atoms with E-state index in [9.17, 15) is 4.79 Å². The number of pyridine rings is 1. The predicted octanol–water partition coefficient (Wildman–Crippen LogP) is 3.00. The number of aromatic nitrogens is 4. The molecule has 0 fully saturated rings. The maximum atomic E-state index is 12.9. The zero-order valence-corrected chi connectivity index (χ0v) is 12.4. The van der Waals surface area contributed by atoms with Crippen LogP contribution in [0.15, 0.2) is 53.7 Å². The fourth-order valence-electron chi connectivity index (χ4n) is 2.67. The van der Waals surface area contributed by atoms with Crippen molar-refractivity contribution in [3.63, 3.8) is 0 Å². The Morgan fingerprint density at radius 2 is 1.95 bits per heavy atom. The Morgan fingerprint density at radius 1 is 1.09 bits per heavy atom. The van der Waals surface area contributed by atoms with Crippen molar-refractivity contribution in [2.45, 2.75) is 6.92 Å². The predicted molar refractivity (Wildman–Crippen MR) is 85.8 cm³/mol. The monoisotopic (exact) mass is 310 g/mol. The molecule has 0 saturated heterocycles. The Labute approximate surface area is 130 Å². The van der Waals surface area contributed by atoms with Gasteiger partial charge in [0, 0.05) is 23.6 Å². The van der Waals surface area contributed by atoms with E-state index in [0.717, 1.165) is 11.1 Å².